The van der Waals surface area contributed by atoms with Crippen LogP contribution in [0.4, 0.5) is 5.69 Å². The summed E-state index contributed by atoms with van der Waals surface area (Å²) in [6, 6.07) is 5.45. The van der Waals surface area contributed by atoms with Crippen LogP contribution in [0.3, 0.4) is 0 Å². The highest BCUT2D eigenvalue weighted by atomic mass is 35.5. The highest BCUT2D eigenvalue weighted by Gasteiger charge is 2.17. The molecule has 1 atom stereocenters. The SMILES string of the molecule is Cc1ccc(NC(=O)C(S)C(C)C)cc1Cl. The number of benzene rings is 1. The van der Waals surface area contributed by atoms with Crippen molar-refractivity contribution in [3.05, 3.63) is 28.8 Å². The van der Waals surface area contributed by atoms with E-state index in [0.29, 0.717) is 10.7 Å². The molecule has 1 unspecified atom stereocenters. The molecule has 0 heterocycles. The lowest BCUT2D eigenvalue weighted by atomic mass is 10.1. The quantitative estimate of drug-likeness (QED) is 0.797. The highest BCUT2D eigenvalue weighted by Crippen LogP contribution is 2.21. The normalized spacial score (nSPS) is 12.6. The van der Waals surface area contributed by atoms with Gasteiger partial charge in [0, 0.05) is 10.7 Å². The number of halogens is 1. The lowest BCUT2D eigenvalue weighted by molar-refractivity contribution is -0.116. The first-order chi connectivity index (χ1) is 7.41. The molecule has 0 aliphatic carbocycles. The fourth-order valence-corrected chi connectivity index (χ4v) is 1.43. The van der Waals surface area contributed by atoms with E-state index < -0.39 is 0 Å². The number of thiol groups is 1. The molecule has 1 amide bonds. The topological polar surface area (TPSA) is 29.1 Å². The maximum Gasteiger partial charge on any atom is 0.237 e. The molecule has 88 valence electrons. The Morgan fingerprint density at radius 2 is 2.06 bits per heavy atom. The summed E-state index contributed by atoms with van der Waals surface area (Å²) < 4.78 is 0. The predicted molar refractivity (Wildman–Crippen MR) is 72.4 cm³/mol. The maximum absolute atomic E-state index is 11.7. The zero-order valence-corrected chi connectivity index (χ0v) is 11.3. The average molecular weight is 258 g/mol. The number of hydrogen-bond acceptors (Lipinski definition) is 2. The molecule has 0 saturated carbocycles. The molecule has 0 bridgehead atoms. The number of rotatable bonds is 3. The smallest absolute Gasteiger partial charge is 0.237 e. The van der Waals surface area contributed by atoms with Gasteiger partial charge in [0.25, 0.3) is 0 Å². The first-order valence-corrected chi connectivity index (χ1v) is 6.06. The number of aryl methyl sites for hydroxylation is 1. The van der Waals surface area contributed by atoms with Gasteiger partial charge in [0.15, 0.2) is 0 Å². The van der Waals surface area contributed by atoms with Crippen LogP contribution >= 0.6 is 24.2 Å². The highest BCUT2D eigenvalue weighted by molar-refractivity contribution is 7.81. The molecule has 1 aromatic rings. The molecule has 0 radical (unpaired) electrons. The Morgan fingerprint density at radius 3 is 2.56 bits per heavy atom. The monoisotopic (exact) mass is 257 g/mol. The molecule has 0 saturated heterocycles. The number of amides is 1. The summed E-state index contributed by atoms with van der Waals surface area (Å²) in [5.74, 6) is 0.0995. The fraction of sp³-hybridized carbons (Fsp3) is 0.417. The van der Waals surface area contributed by atoms with Gasteiger partial charge in [-0.2, -0.15) is 12.6 Å². The fourth-order valence-electron chi connectivity index (χ4n) is 1.19. The van der Waals surface area contributed by atoms with Crippen molar-refractivity contribution in [2.45, 2.75) is 26.0 Å². The van der Waals surface area contributed by atoms with E-state index in [9.17, 15) is 4.79 Å². The second kappa shape index (κ2) is 5.60. The second-order valence-electron chi connectivity index (χ2n) is 4.14. The maximum atomic E-state index is 11.7. The third-order valence-electron chi connectivity index (χ3n) is 2.34. The Kier molecular flexibility index (Phi) is 4.69. The summed E-state index contributed by atoms with van der Waals surface area (Å²) in [6.07, 6.45) is 0. The summed E-state index contributed by atoms with van der Waals surface area (Å²) in [6.45, 7) is 5.84. The number of hydrogen-bond donors (Lipinski definition) is 2. The van der Waals surface area contributed by atoms with Crippen LogP contribution in [-0.2, 0) is 4.79 Å². The van der Waals surface area contributed by atoms with E-state index >= 15 is 0 Å². The Labute approximate surface area is 107 Å². The lowest BCUT2D eigenvalue weighted by Crippen LogP contribution is -2.27. The minimum atomic E-state index is -0.305. The minimum Gasteiger partial charge on any atom is -0.325 e. The van der Waals surface area contributed by atoms with Crippen molar-refractivity contribution in [3.8, 4) is 0 Å². The molecule has 0 spiro atoms. The summed E-state index contributed by atoms with van der Waals surface area (Å²) >= 11 is 10.2. The standard InChI is InChI=1S/C12H16ClNOS/c1-7(2)11(16)12(15)14-9-5-4-8(3)10(13)6-9/h4-7,11,16H,1-3H3,(H,14,15). The summed E-state index contributed by atoms with van der Waals surface area (Å²) in [4.78, 5) is 11.7. The molecule has 4 heteroatoms. The van der Waals surface area contributed by atoms with Crippen LogP contribution in [0.2, 0.25) is 5.02 Å². The van der Waals surface area contributed by atoms with Crippen LogP contribution in [0.15, 0.2) is 18.2 Å². The third-order valence-corrected chi connectivity index (χ3v) is 3.58. The molecule has 2 nitrogen and oxygen atoms in total. The minimum absolute atomic E-state index is 0.0988. The molecular formula is C12H16ClNOS. The van der Waals surface area contributed by atoms with E-state index in [1.807, 2.05) is 32.9 Å². The van der Waals surface area contributed by atoms with Crippen molar-refractivity contribution in [2.75, 3.05) is 5.32 Å². The summed E-state index contributed by atoms with van der Waals surface area (Å²) in [5.41, 5.74) is 1.70. The predicted octanol–water partition coefficient (Wildman–Crippen LogP) is 3.54. The van der Waals surface area contributed by atoms with E-state index in [2.05, 4.69) is 17.9 Å². The second-order valence-corrected chi connectivity index (χ2v) is 5.11. The van der Waals surface area contributed by atoms with Gasteiger partial charge in [0.2, 0.25) is 5.91 Å². The molecule has 1 rings (SSSR count). The summed E-state index contributed by atoms with van der Waals surface area (Å²) in [7, 11) is 0. The van der Waals surface area contributed by atoms with E-state index in [1.165, 1.54) is 0 Å². The number of carbonyl (C=O) groups excluding carboxylic acids is 1. The van der Waals surface area contributed by atoms with Crippen molar-refractivity contribution in [3.63, 3.8) is 0 Å². The first kappa shape index (κ1) is 13.4. The van der Waals surface area contributed by atoms with Gasteiger partial charge in [-0.1, -0.05) is 31.5 Å². The van der Waals surface area contributed by atoms with Crippen molar-refractivity contribution >= 4 is 35.8 Å². The van der Waals surface area contributed by atoms with Crippen molar-refractivity contribution in [1.29, 1.82) is 0 Å². The molecule has 16 heavy (non-hydrogen) atoms. The van der Waals surface area contributed by atoms with Gasteiger partial charge in [-0.25, -0.2) is 0 Å². The summed E-state index contributed by atoms with van der Waals surface area (Å²) in [5, 5.41) is 3.14. The lowest BCUT2D eigenvalue weighted by Gasteiger charge is -2.14. The largest absolute Gasteiger partial charge is 0.325 e. The van der Waals surface area contributed by atoms with Crippen LogP contribution in [-0.4, -0.2) is 11.2 Å². The van der Waals surface area contributed by atoms with Gasteiger partial charge < -0.3 is 5.32 Å². The molecule has 0 aliphatic rings. The van der Waals surface area contributed by atoms with Crippen LogP contribution in [0.1, 0.15) is 19.4 Å². The Hall–Kier alpha value is -0.670. The molecule has 0 aliphatic heterocycles. The van der Waals surface area contributed by atoms with Crippen LogP contribution < -0.4 is 5.32 Å². The van der Waals surface area contributed by atoms with Gasteiger partial charge >= 0.3 is 0 Å². The van der Waals surface area contributed by atoms with Crippen molar-refractivity contribution < 1.29 is 4.79 Å². The third kappa shape index (κ3) is 3.42. The number of nitrogens with one attached hydrogen (secondary N) is 1. The first-order valence-electron chi connectivity index (χ1n) is 5.17. The zero-order valence-electron chi connectivity index (χ0n) is 9.62. The van der Waals surface area contributed by atoms with Crippen LogP contribution in [0, 0.1) is 12.8 Å². The Bertz CT molecular complexity index is 393. The van der Waals surface area contributed by atoms with Crippen molar-refractivity contribution in [1.82, 2.24) is 0 Å². The van der Waals surface area contributed by atoms with E-state index in [-0.39, 0.29) is 17.1 Å². The average Bonchev–Trinajstić information content (AvgIpc) is 2.22. The van der Waals surface area contributed by atoms with Gasteiger partial charge in [-0.05, 0) is 30.5 Å². The van der Waals surface area contributed by atoms with E-state index in [0.717, 1.165) is 5.56 Å². The van der Waals surface area contributed by atoms with Gasteiger partial charge in [-0.3, -0.25) is 4.79 Å². The Morgan fingerprint density at radius 1 is 1.44 bits per heavy atom. The molecule has 1 N–H and O–H groups in total. The molecule has 0 aromatic heterocycles. The van der Waals surface area contributed by atoms with Crippen molar-refractivity contribution in [2.24, 2.45) is 5.92 Å². The molecular weight excluding hydrogens is 242 g/mol. The molecule has 0 fully saturated rings. The zero-order chi connectivity index (χ0) is 12.3. The van der Waals surface area contributed by atoms with Crippen LogP contribution in [0.25, 0.3) is 0 Å². The number of anilines is 1. The van der Waals surface area contributed by atoms with Gasteiger partial charge in [-0.15, -0.1) is 0 Å². The Balaban J connectivity index is 2.74. The molecule has 1 aromatic carbocycles. The van der Waals surface area contributed by atoms with Gasteiger partial charge in [0.05, 0.1) is 5.25 Å². The van der Waals surface area contributed by atoms with E-state index in [4.69, 9.17) is 11.6 Å². The van der Waals surface area contributed by atoms with Gasteiger partial charge in [0.1, 0.15) is 0 Å². The van der Waals surface area contributed by atoms with Crippen LogP contribution in [0.5, 0.6) is 0 Å². The van der Waals surface area contributed by atoms with E-state index in [1.54, 1.807) is 6.07 Å². The number of carbonyl (C=O) groups is 1.